The van der Waals surface area contributed by atoms with E-state index in [2.05, 4.69) is 36.3 Å². The van der Waals surface area contributed by atoms with Gasteiger partial charge in [0.1, 0.15) is 17.6 Å². The molecular formula is C19H26IN3O2. The number of aliphatic imine (C=N–C) groups is 1. The number of aryl methyl sites for hydroxylation is 2. The molecule has 0 bridgehead atoms. The first-order valence-corrected chi connectivity index (χ1v) is 7.93. The van der Waals surface area contributed by atoms with Crippen molar-refractivity contribution in [2.24, 2.45) is 10.7 Å². The zero-order valence-electron chi connectivity index (χ0n) is 15.1. The van der Waals surface area contributed by atoms with Crippen LogP contribution in [0.3, 0.4) is 0 Å². The molecule has 2 rings (SSSR count). The third-order valence-corrected chi connectivity index (χ3v) is 3.69. The van der Waals surface area contributed by atoms with Gasteiger partial charge in [0.2, 0.25) is 0 Å². The summed E-state index contributed by atoms with van der Waals surface area (Å²) in [6.07, 6.45) is -0.0847. The van der Waals surface area contributed by atoms with Gasteiger partial charge in [0, 0.05) is 5.69 Å². The molecule has 0 heterocycles. The van der Waals surface area contributed by atoms with Gasteiger partial charge in [-0.05, 0) is 68.3 Å². The molecule has 3 N–H and O–H groups in total. The highest BCUT2D eigenvalue weighted by atomic mass is 127. The molecule has 1 unspecified atom stereocenters. The summed E-state index contributed by atoms with van der Waals surface area (Å²) in [5, 5.41) is 3.10. The van der Waals surface area contributed by atoms with E-state index >= 15 is 0 Å². The van der Waals surface area contributed by atoms with Gasteiger partial charge in [-0.3, -0.25) is 0 Å². The number of anilines is 1. The number of nitrogens with zero attached hydrogens (tertiary/aromatic N) is 1. The average Bonchev–Trinajstić information content (AvgIpc) is 2.57. The predicted molar refractivity (Wildman–Crippen MR) is 115 cm³/mol. The number of rotatable bonds is 6. The molecule has 2 aromatic rings. The highest BCUT2D eigenvalue weighted by Crippen LogP contribution is 2.18. The van der Waals surface area contributed by atoms with E-state index in [1.807, 2.05) is 37.3 Å². The Morgan fingerprint density at radius 2 is 1.72 bits per heavy atom. The first kappa shape index (κ1) is 21.1. The molecule has 0 saturated heterocycles. The molecule has 25 heavy (non-hydrogen) atoms. The maximum atomic E-state index is 5.94. The van der Waals surface area contributed by atoms with Crippen LogP contribution in [-0.4, -0.2) is 25.7 Å². The summed E-state index contributed by atoms with van der Waals surface area (Å²) in [6, 6.07) is 13.6. The molecule has 136 valence electrons. The summed E-state index contributed by atoms with van der Waals surface area (Å²) in [5.74, 6) is 1.96. The lowest BCUT2D eigenvalue weighted by Gasteiger charge is -2.14. The van der Waals surface area contributed by atoms with Gasteiger partial charge in [0.05, 0.1) is 13.7 Å². The third kappa shape index (κ3) is 6.81. The Hall–Kier alpha value is -1.96. The van der Waals surface area contributed by atoms with Crippen molar-refractivity contribution in [3.63, 3.8) is 0 Å². The molecule has 0 aliphatic carbocycles. The van der Waals surface area contributed by atoms with Crippen molar-refractivity contribution in [1.82, 2.24) is 0 Å². The number of guanidine groups is 1. The van der Waals surface area contributed by atoms with Gasteiger partial charge in [-0.15, -0.1) is 24.0 Å². The second-order valence-corrected chi connectivity index (χ2v) is 5.75. The van der Waals surface area contributed by atoms with Crippen molar-refractivity contribution in [3.05, 3.63) is 53.6 Å². The smallest absolute Gasteiger partial charge is 0.193 e. The zero-order valence-corrected chi connectivity index (χ0v) is 17.4. The maximum Gasteiger partial charge on any atom is 0.193 e. The number of nitrogens with one attached hydrogen (secondary N) is 1. The molecule has 0 radical (unpaired) electrons. The maximum absolute atomic E-state index is 5.94. The first-order valence-electron chi connectivity index (χ1n) is 7.93. The number of ether oxygens (including phenoxy) is 2. The van der Waals surface area contributed by atoms with Gasteiger partial charge in [0.15, 0.2) is 5.96 Å². The largest absolute Gasteiger partial charge is 0.497 e. The summed E-state index contributed by atoms with van der Waals surface area (Å²) in [7, 11) is 1.64. The monoisotopic (exact) mass is 455 g/mol. The number of halogens is 1. The van der Waals surface area contributed by atoms with Gasteiger partial charge in [-0.1, -0.05) is 6.07 Å². The molecule has 2 aromatic carbocycles. The van der Waals surface area contributed by atoms with Crippen LogP contribution in [0.5, 0.6) is 11.5 Å². The lowest BCUT2D eigenvalue weighted by molar-refractivity contribution is 0.230. The van der Waals surface area contributed by atoms with Gasteiger partial charge >= 0.3 is 0 Å². The molecule has 0 aliphatic heterocycles. The SMILES string of the molecule is COc1ccc(OC(C)CN=C(N)Nc2ccc(C)c(C)c2)cc1.I. The minimum atomic E-state index is -0.0847. The fourth-order valence-electron chi connectivity index (χ4n) is 2.16. The zero-order chi connectivity index (χ0) is 17.5. The Balaban J connectivity index is 0.00000312. The molecule has 0 amide bonds. The van der Waals surface area contributed by atoms with Crippen LogP contribution in [-0.2, 0) is 0 Å². The van der Waals surface area contributed by atoms with E-state index < -0.39 is 0 Å². The summed E-state index contributed by atoms with van der Waals surface area (Å²) in [5.41, 5.74) is 9.33. The number of benzene rings is 2. The Bertz CT molecular complexity index is 702. The number of hydrogen-bond donors (Lipinski definition) is 2. The second kappa shape index (κ2) is 10.1. The molecular weight excluding hydrogens is 429 g/mol. The molecule has 0 spiro atoms. The molecule has 6 heteroatoms. The van der Waals surface area contributed by atoms with Gasteiger partial charge in [-0.25, -0.2) is 4.99 Å². The van der Waals surface area contributed by atoms with Crippen molar-refractivity contribution in [2.45, 2.75) is 26.9 Å². The van der Waals surface area contributed by atoms with E-state index in [9.17, 15) is 0 Å². The minimum absolute atomic E-state index is 0. The minimum Gasteiger partial charge on any atom is -0.497 e. The first-order chi connectivity index (χ1) is 11.5. The van der Waals surface area contributed by atoms with Crippen LogP contribution in [0.4, 0.5) is 5.69 Å². The Morgan fingerprint density at radius 1 is 1.08 bits per heavy atom. The van der Waals surface area contributed by atoms with Crippen LogP contribution in [0.15, 0.2) is 47.5 Å². The van der Waals surface area contributed by atoms with E-state index in [1.54, 1.807) is 7.11 Å². The molecule has 0 aromatic heterocycles. The van der Waals surface area contributed by atoms with E-state index in [1.165, 1.54) is 11.1 Å². The number of hydrogen-bond acceptors (Lipinski definition) is 3. The topological polar surface area (TPSA) is 68.9 Å². The molecule has 0 aliphatic rings. The normalized spacial score (nSPS) is 12.1. The second-order valence-electron chi connectivity index (χ2n) is 5.75. The van der Waals surface area contributed by atoms with Crippen molar-refractivity contribution in [1.29, 1.82) is 0 Å². The summed E-state index contributed by atoms with van der Waals surface area (Å²) >= 11 is 0. The quantitative estimate of drug-likeness (QED) is 0.391. The van der Waals surface area contributed by atoms with Crippen molar-refractivity contribution < 1.29 is 9.47 Å². The highest BCUT2D eigenvalue weighted by molar-refractivity contribution is 14.0. The summed E-state index contributed by atoms with van der Waals surface area (Å²) in [4.78, 5) is 4.33. The van der Waals surface area contributed by atoms with Crippen LogP contribution in [0.1, 0.15) is 18.1 Å². The fraction of sp³-hybridized carbons (Fsp3) is 0.316. The summed E-state index contributed by atoms with van der Waals surface area (Å²) in [6.45, 7) is 6.57. The standard InChI is InChI=1S/C19H25N3O2.HI/c1-13-5-6-16(11-14(13)2)22-19(20)21-12-15(3)24-18-9-7-17(23-4)8-10-18;/h5-11,15H,12H2,1-4H3,(H3,20,21,22);1H. The molecule has 5 nitrogen and oxygen atoms in total. The Labute approximate surface area is 166 Å². The Kier molecular flexibility index (Phi) is 8.54. The molecule has 0 fully saturated rings. The highest BCUT2D eigenvalue weighted by Gasteiger charge is 2.04. The van der Waals surface area contributed by atoms with Crippen LogP contribution >= 0.6 is 24.0 Å². The van der Waals surface area contributed by atoms with Crippen LogP contribution < -0.4 is 20.5 Å². The van der Waals surface area contributed by atoms with Crippen LogP contribution in [0.25, 0.3) is 0 Å². The van der Waals surface area contributed by atoms with E-state index in [0.717, 1.165) is 17.2 Å². The van der Waals surface area contributed by atoms with Gasteiger partial charge < -0.3 is 20.5 Å². The van der Waals surface area contributed by atoms with Crippen LogP contribution in [0, 0.1) is 13.8 Å². The van der Waals surface area contributed by atoms with Crippen molar-refractivity contribution in [2.75, 3.05) is 19.0 Å². The average molecular weight is 455 g/mol. The van der Waals surface area contributed by atoms with Crippen molar-refractivity contribution in [3.8, 4) is 11.5 Å². The lowest BCUT2D eigenvalue weighted by Crippen LogP contribution is -2.25. The van der Waals surface area contributed by atoms with Crippen molar-refractivity contribution >= 4 is 35.6 Å². The molecule has 0 saturated carbocycles. The van der Waals surface area contributed by atoms with E-state index in [-0.39, 0.29) is 30.1 Å². The predicted octanol–water partition coefficient (Wildman–Crippen LogP) is 4.12. The lowest BCUT2D eigenvalue weighted by atomic mass is 10.1. The Morgan fingerprint density at radius 3 is 2.32 bits per heavy atom. The number of nitrogens with two attached hydrogens (primary N) is 1. The van der Waals surface area contributed by atoms with Crippen LogP contribution in [0.2, 0.25) is 0 Å². The molecule has 1 atom stereocenters. The van der Waals surface area contributed by atoms with E-state index in [4.69, 9.17) is 15.2 Å². The van der Waals surface area contributed by atoms with Gasteiger partial charge in [-0.2, -0.15) is 0 Å². The third-order valence-electron chi connectivity index (χ3n) is 3.69. The number of methoxy groups -OCH3 is 1. The fourth-order valence-corrected chi connectivity index (χ4v) is 2.16. The van der Waals surface area contributed by atoms with E-state index in [0.29, 0.717) is 12.5 Å². The van der Waals surface area contributed by atoms with Gasteiger partial charge in [0.25, 0.3) is 0 Å². The summed E-state index contributed by atoms with van der Waals surface area (Å²) < 4.78 is 10.9.